The van der Waals surface area contributed by atoms with Crippen molar-refractivity contribution < 1.29 is 9.18 Å². The zero-order valence-corrected chi connectivity index (χ0v) is 14.8. The van der Waals surface area contributed by atoms with Gasteiger partial charge in [-0.25, -0.2) is 9.07 Å². The average Bonchev–Trinajstić information content (AvgIpc) is 3.33. The summed E-state index contributed by atoms with van der Waals surface area (Å²) in [5.74, 6) is -0.0958. The van der Waals surface area contributed by atoms with Crippen LogP contribution in [0.5, 0.6) is 0 Å². The molecule has 27 heavy (non-hydrogen) atoms. The molecular formula is C20H14ClFN4O. The minimum absolute atomic E-state index is 0.311. The summed E-state index contributed by atoms with van der Waals surface area (Å²) in [6, 6.07) is 16.5. The van der Waals surface area contributed by atoms with Crippen LogP contribution >= 0.6 is 11.6 Å². The maximum absolute atomic E-state index is 13.3. The van der Waals surface area contributed by atoms with Gasteiger partial charge in [0, 0.05) is 23.1 Å². The number of amides is 1. The third-order valence-corrected chi connectivity index (χ3v) is 4.26. The molecule has 5 nitrogen and oxygen atoms in total. The smallest absolute Gasteiger partial charge is 0.261 e. The number of anilines is 1. The van der Waals surface area contributed by atoms with E-state index in [-0.39, 0.29) is 11.7 Å². The molecule has 4 aromatic rings. The zero-order chi connectivity index (χ0) is 18.8. The number of carbonyl (C=O) groups excluding carboxylic acids is 1. The number of rotatable bonds is 4. The molecule has 1 N–H and O–H groups in total. The fourth-order valence-corrected chi connectivity index (χ4v) is 2.86. The van der Waals surface area contributed by atoms with E-state index in [1.54, 1.807) is 45.6 Å². The van der Waals surface area contributed by atoms with Gasteiger partial charge in [0.1, 0.15) is 11.4 Å². The van der Waals surface area contributed by atoms with E-state index >= 15 is 0 Å². The molecule has 2 heterocycles. The first kappa shape index (κ1) is 17.1. The minimum atomic E-state index is -0.339. The molecule has 0 unspecified atom stereocenters. The molecule has 2 aromatic carbocycles. The number of benzene rings is 2. The molecule has 0 saturated heterocycles. The summed E-state index contributed by atoms with van der Waals surface area (Å²) in [6.07, 6.45) is 5.12. The van der Waals surface area contributed by atoms with Crippen molar-refractivity contribution in [2.45, 2.75) is 0 Å². The Balaban J connectivity index is 1.75. The molecule has 0 aliphatic carbocycles. The fourth-order valence-electron chi connectivity index (χ4n) is 2.73. The van der Waals surface area contributed by atoms with Crippen LogP contribution in [0.3, 0.4) is 0 Å². The number of hydrogen-bond donors (Lipinski definition) is 1. The van der Waals surface area contributed by atoms with Gasteiger partial charge in [0.2, 0.25) is 0 Å². The van der Waals surface area contributed by atoms with Gasteiger partial charge in [-0.2, -0.15) is 5.10 Å². The Bertz CT molecular complexity index is 1070. The van der Waals surface area contributed by atoms with E-state index in [0.717, 1.165) is 0 Å². The number of nitrogens with zero attached hydrogens (tertiary/aromatic N) is 3. The van der Waals surface area contributed by atoms with Crippen LogP contribution in [0, 0.1) is 5.82 Å². The van der Waals surface area contributed by atoms with Crippen LogP contribution < -0.4 is 5.32 Å². The maximum atomic E-state index is 13.3. The summed E-state index contributed by atoms with van der Waals surface area (Å²) in [5, 5.41) is 7.77. The molecule has 7 heteroatoms. The molecule has 0 saturated carbocycles. The summed E-state index contributed by atoms with van der Waals surface area (Å²) < 4.78 is 16.7. The Labute approximate surface area is 159 Å². The van der Waals surface area contributed by atoms with Gasteiger partial charge in [-0.15, -0.1) is 0 Å². The summed E-state index contributed by atoms with van der Waals surface area (Å²) in [6.45, 7) is 0. The van der Waals surface area contributed by atoms with Crippen molar-refractivity contribution in [1.82, 2.24) is 14.3 Å². The Kier molecular flexibility index (Phi) is 4.48. The minimum Gasteiger partial charge on any atom is -0.322 e. The first-order valence-corrected chi connectivity index (χ1v) is 8.54. The van der Waals surface area contributed by atoms with Crippen LogP contribution in [0.25, 0.3) is 11.5 Å². The van der Waals surface area contributed by atoms with Crippen molar-refractivity contribution in [3.05, 3.63) is 95.7 Å². The van der Waals surface area contributed by atoms with Crippen molar-refractivity contribution >= 4 is 23.2 Å². The van der Waals surface area contributed by atoms with Crippen molar-refractivity contribution in [3.8, 4) is 11.5 Å². The van der Waals surface area contributed by atoms with Crippen LogP contribution in [0.4, 0.5) is 10.1 Å². The van der Waals surface area contributed by atoms with Crippen LogP contribution in [-0.4, -0.2) is 20.3 Å². The molecule has 0 fully saturated rings. The predicted molar refractivity (Wildman–Crippen MR) is 102 cm³/mol. The van der Waals surface area contributed by atoms with Gasteiger partial charge in [0.25, 0.3) is 5.91 Å². The van der Waals surface area contributed by atoms with Gasteiger partial charge < -0.3 is 9.88 Å². The molecule has 2 aromatic heterocycles. The van der Waals surface area contributed by atoms with E-state index in [9.17, 15) is 9.18 Å². The van der Waals surface area contributed by atoms with Gasteiger partial charge in [0.15, 0.2) is 5.82 Å². The maximum Gasteiger partial charge on any atom is 0.261 e. The lowest BCUT2D eigenvalue weighted by atomic mass is 10.2. The lowest BCUT2D eigenvalue weighted by Gasteiger charge is -2.11. The zero-order valence-electron chi connectivity index (χ0n) is 14.0. The SMILES string of the molecule is O=C(Nc1ccc(Cl)cc1)c1cnn(-c2ccc(F)cc2)c1-n1cccc1. The Hall–Kier alpha value is -3.38. The summed E-state index contributed by atoms with van der Waals surface area (Å²) in [7, 11) is 0. The molecule has 0 atom stereocenters. The van der Waals surface area contributed by atoms with Crippen LogP contribution in [0.2, 0.25) is 5.02 Å². The van der Waals surface area contributed by atoms with E-state index in [2.05, 4.69) is 10.4 Å². The van der Waals surface area contributed by atoms with Crippen molar-refractivity contribution in [2.75, 3.05) is 5.32 Å². The van der Waals surface area contributed by atoms with Gasteiger partial charge in [0.05, 0.1) is 11.9 Å². The third kappa shape index (κ3) is 3.47. The number of carbonyl (C=O) groups is 1. The number of nitrogens with one attached hydrogen (secondary N) is 1. The second-order valence-corrected chi connectivity index (χ2v) is 6.26. The second kappa shape index (κ2) is 7.09. The highest BCUT2D eigenvalue weighted by molar-refractivity contribution is 6.30. The lowest BCUT2D eigenvalue weighted by molar-refractivity contribution is 0.102. The summed E-state index contributed by atoms with van der Waals surface area (Å²) in [5.41, 5.74) is 1.65. The Morgan fingerprint density at radius 3 is 2.33 bits per heavy atom. The van der Waals surface area contributed by atoms with E-state index in [0.29, 0.717) is 27.8 Å². The van der Waals surface area contributed by atoms with Gasteiger partial charge in [-0.3, -0.25) is 4.79 Å². The van der Waals surface area contributed by atoms with E-state index in [1.165, 1.54) is 18.3 Å². The quantitative estimate of drug-likeness (QED) is 0.557. The summed E-state index contributed by atoms with van der Waals surface area (Å²) >= 11 is 5.88. The molecule has 1 amide bonds. The van der Waals surface area contributed by atoms with Crippen molar-refractivity contribution in [3.63, 3.8) is 0 Å². The Morgan fingerprint density at radius 1 is 1.00 bits per heavy atom. The van der Waals surface area contributed by atoms with Gasteiger partial charge >= 0.3 is 0 Å². The molecule has 0 radical (unpaired) electrons. The molecule has 4 rings (SSSR count). The Morgan fingerprint density at radius 2 is 1.67 bits per heavy atom. The van der Waals surface area contributed by atoms with Gasteiger partial charge in [-0.1, -0.05) is 11.6 Å². The normalized spacial score (nSPS) is 10.7. The topological polar surface area (TPSA) is 51.9 Å². The van der Waals surface area contributed by atoms with Crippen LogP contribution in [0.1, 0.15) is 10.4 Å². The second-order valence-electron chi connectivity index (χ2n) is 5.82. The first-order chi connectivity index (χ1) is 13.1. The third-order valence-electron chi connectivity index (χ3n) is 4.01. The van der Waals surface area contributed by atoms with Gasteiger partial charge in [-0.05, 0) is 60.7 Å². The molecule has 134 valence electrons. The highest BCUT2D eigenvalue weighted by Crippen LogP contribution is 2.22. The highest BCUT2D eigenvalue weighted by atomic mass is 35.5. The first-order valence-electron chi connectivity index (χ1n) is 8.16. The highest BCUT2D eigenvalue weighted by Gasteiger charge is 2.20. The standard InChI is InChI=1S/C20H14ClFN4O/c21-14-3-7-16(8-4-14)24-19(27)18-13-23-26(17-9-5-15(22)6-10-17)20(18)25-11-1-2-12-25/h1-13H,(H,24,27). The largest absolute Gasteiger partial charge is 0.322 e. The number of aromatic nitrogens is 3. The van der Waals surface area contributed by atoms with E-state index < -0.39 is 0 Å². The number of halogens is 2. The number of hydrogen-bond acceptors (Lipinski definition) is 2. The van der Waals surface area contributed by atoms with Crippen LogP contribution in [-0.2, 0) is 0 Å². The molecular weight excluding hydrogens is 367 g/mol. The van der Waals surface area contributed by atoms with Crippen molar-refractivity contribution in [1.29, 1.82) is 0 Å². The monoisotopic (exact) mass is 380 g/mol. The fraction of sp³-hybridized carbons (Fsp3) is 0. The molecule has 0 aliphatic rings. The predicted octanol–water partition coefficient (Wildman–Crippen LogP) is 4.71. The molecule has 0 aliphatic heterocycles. The van der Waals surface area contributed by atoms with E-state index in [4.69, 9.17) is 11.6 Å². The average molecular weight is 381 g/mol. The molecule has 0 spiro atoms. The van der Waals surface area contributed by atoms with E-state index in [1.807, 2.05) is 24.5 Å². The lowest BCUT2D eigenvalue weighted by Crippen LogP contribution is -2.15. The molecule has 0 bridgehead atoms. The summed E-state index contributed by atoms with van der Waals surface area (Å²) in [4.78, 5) is 12.8. The van der Waals surface area contributed by atoms with Crippen LogP contribution in [0.15, 0.2) is 79.3 Å². The van der Waals surface area contributed by atoms with Crippen molar-refractivity contribution in [2.24, 2.45) is 0 Å².